The Kier molecular flexibility index (Phi) is 5.19. The smallest absolute Gasteiger partial charge is 0.250 e. The number of methoxy groups -OCH3 is 1. The van der Waals surface area contributed by atoms with Crippen molar-refractivity contribution in [2.45, 2.75) is 13.5 Å². The lowest BCUT2D eigenvalue weighted by molar-refractivity contribution is -0.116. The van der Waals surface area contributed by atoms with Crippen molar-refractivity contribution in [2.24, 2.45) is 0 Å². The van der Waals surface area contributed by atoms with Crippen LogP contribution in [0.3, 0.4) is 0 Å². The fraction of sp³-hybridized carbons (Fsp3) is 0.250. The molecule has 1 aromatic carbocycles. The highest BCUT2D eigenvalue weighted by Gasteiger charge is 2.08. The van der Waals surface area contributed by atoms with Gasteiger partial charge in [-0.3, -0.25) is 9.59 Å². The molecule has 0 unspecified atom stereocenters. The number of carbonyl (C=O) groups is 1. The van der Waals surface area contributed by atoms with E-state index in [2.05, 4.69) is 5.32 Å². The summed E-state index contributed by atoms with van der Waals surface area (Å²) in [6.45, 7) is 2.36. The molecule has 22 heavy (non-hydrogen) atoms. The average Bonchev–Trinajstić information content (AvgIpc) is 2.51. The van der Waals surface area contributed by atoms with Gasteiger partial charge in [0.2, 0.25) is 5.91 Å². The highest BCUT2D eigenvalue weighted by atomic mass is 16.5. The zero-order valence-electron chi connectivity index (χ0n) is 12.5. The van der Waals surface area contributed by atoms with Crippen molar-refractivity contribution in [1.82, 2.24) is 4.57 Å². The summed E-state index contributed by atoms with van der Waals surface area (Å²) in [7, 11) is 1.53. The van der Waals surface area contributed by atoms with Gasteiger partial charge in [-0.05, 0) is 25.1 Å². The summed E-state index contributed by atoms with van der Waals surface area (Å²) in [6.07, 6.45) is 1.57. The maximum absolute atomic E-state index is 12.0. The normalized spacial score (nSPS) is 10.1. The molecular weight excluding hydrogens is 284 g/mol. The number of anilines is 1. The number of hydrogen-bond acceptors (Lipinski definition) is 4. The monoisotopic (exact) mass is 302 g/mol. The second kappa shape index (κ2) is 7.31. The van der Waals surface area contributed by atoms with Gasteiger partial charge in [0, 0.05) is 24.0 Å². The molecule has 0 aliphatic rings. The van der Waals surface area contributed by atoms with Gasteiger partial charge in [-0.15, -0.1) is 0 Å². The molecule has 0 saturated heterocycles. The standard InChI is InChI=1S/C16H18N2O4/c1-3-22-13-8-7-12(10-14(13)21-2)17-15(19)11-18-9-5-4-6-16(18)20/h4-10H,3,11H2,1-2H3,(H,17,19). The first-order valence-corrected chi connectivity index (χ1v) is 6.90. The van der Waals surface area contributed by atoms with Crippen molar-refractivity contribution in [3.63, 3.8) is 0 Å². The minimum atomic E-state index is -0.292. The van der Waals surface area contributed by atoms with Crippen molar-refractivity contribution in [2.75, 3.05) is 19.0 Å². The van der Waals surface area contributed by atoms with Gasteiger partial charge in [0.05, 0.1) is 13.7 Å². The first-order chi connectivity index (χ1) is 10.6. The first-order valence-electron chi connectivity index (χ1n) is 6.90. The number of benzene rings is 1. The van der Waals surface area contributed by atoms with Gasteiger partial charge < -0.3 is 19.4 Å². The Labute approximate surface area is 128 Å². The fourth-order valence-electron chi connectivity index (χ4n) is 1.97. The van der Waals surface area contributed by atoms with Crippen molar-refractivity contribution in [3.05, 3.63) is 52.9 Å². The predicted octanol–water partition coefficient (Wildman–Crippen LogP) is 1.89. The van der Waals surface area contributed by atoms with Crippen LogP contribution in [0.2, 0.25) is 0 Å². The van der Waals surface area contributed by atoms with Crippen LogP contribution in [-0.4, -0.2) is 24.2 Å². The van der Waals surface area contributed by atoms with Gasteiger partial charge in [-0.25, -0.2) is 0 Å². The Balaban J connectivity index is 2.08. The third kappa shape index (κ3) is 3.88. The lowest BCUT2D eigenvalue weighted by Gasteiger charge is -2.12. The van der Waals surface area contributed by atoms with Crippen LogP contribution < -0.4 is 20.3 Å². The van der Waals surface area contributed by atoms with E-state index in [9.17, 15) is 9.59 Å². The van der Waals surface area contributed by atoms with E-state index in [4.69, 9.17) is 9.47 Å². The summed E-state index contributed by atoms with van der Waals surface area (Å²) in [4.78, 5) is 23.6. The Morgan fingerprint density at radius 1 is 1.23 bits per heavy atom. The molecule has 2 aromatic rings. The van der Waals surface area contributed by atoms with E-state index in [1.54, 1.807) is 36.5 Å². The minimum Gasteiger partial charge on any atom is -0.493 e. The van der Waals surface area contributed by atoms with Crippen LogP contribution in [0.4, 0.5) is 5.69 Å². The van der Waals surface area contributed by atoms with E-state index >= 15 is 0 Å². The molecule has 116 valence electrons. The Morgan fingerprint density at radius 2 is 2.05 bits per heavy atom. The Hall–Kier alpha value is -2.76. The molecule has 0 radical (unpaired) electrons. The summed E-state index contributed by atoms with van der Waals surface area (Å²) >= 11 is 0. The van der Waals surface area contributed by atoms with Gasteiger partial charge in [0.15, 0.2) is 11.5 Å². The number of amides is 1. The van der Waals surface area contributed by atoms with E-state index < -0.39 is 0 Å². The molecular formula is C16H18N2O4. The number of ether oxygens (including phenoxy) is 2. The van der Waals surface area contributed by atoms with Gasteiger partial charge in [-0.1, -0.05) is 6.07 Å². The largest absolute Gasteiger partial charge is 0.493 e. The molecule has 6 heteroatoms. The topological polar surface area (TPSA) is 69.6 Å². The van der Waals surface area contributed by atoms with E-state index in [1.807, 2.05) is 6.92 Å². The molecule has 1 amide bonds. The summed E-state index contributed by atoms with van der Waals surface area (Å²) < 4.78 is 12.0. The number of hydrogen-bond donors (Lipinski definition) is 1. The van der Waals surface area contributed by atoms with Crippen LogP contribution in [0.5, 0.6) is 11.5 Å². The molecule has 1 heterocycles. The second-order valence-electron chi connectivity index (χ2n) is 4.51. The van der Waals surface area contributed by atoms with Gasteiger partial charge >= 0.3 is 0 Å². The lowest BCUT2D eigenvalue weighted by atomic mass is 10.2. The molecule has 1 N–H and O–H groups in total. The molecule has 1 aromatic heterocycles. The number of nitrogens with zero attached hydrogens (tertiary/aromatic N) is 1. The van der Waals surface area contributed by atoms with E-state index in [0.717, 1.165) is 0 Å². The zero-order chi connectivity index (χ0) is 15.9. The van der Waals surface area contributed by atoms with Crippen LogP contribution in [0, 0.1) is 0 Å². The van der Waals surface area contributed by atoms with Crippen LogP contribution in [-0.2, 0) is 11.3 Å². The average molecular weight is 302 g/mol. The van der Waals surface area contributed by atoms with Crippen molar-refractivity contribution >= 4 is 11.6 Å². The molecule has 0 fully saturated rings. The molecule has 0 aliphatic heterocycles. The molecule has 0 atom stereocenters. The molecule has 6 nitrogen and oxygen atoms in total. The van der Waals surface area contributed by atoms with Gasteiger partial charge in [0.25, 0.3) is 5.56 Å². The van der Waals surface area contributed by atoms with E-state index in [-0.39, 0.29) is 18.0 Å². The minimum absolute atomic E-state index is 0.0464. The zero-order valence-corrected chi connectivity index (χ0v) is 12.5. The van der Waals surface area contributed by atoms with Gasteiger partial charge in [-0.2, -0.15) is 0 Å². The lowest BCUT2D eigenvalue weighted by Crippen LogP contribution is -2.26. The van der Waals surface area contributed by atoms with Gasteiger partial charge in [0.1, 0.15) is 6.54 Å². The maximum Gasteiger partial charge on any atom is 0.250 e. The third-order valence-electron chi connectivity index (χ3n) is 2.96. The number of aromatic nitrogens is 1. The number of rotatable bonds is 6. The molecule has 0 aliphatic carbocycles. The van der Waals surface area contributed by atoms with E-state index in [0.29, 0.717) is 23.8 Å². The number of carbonyl (C=O) groups excluding carboxylic acids is 1. The molecule has 0 bridgehead atoms. The van der Waals surface area contributed by atoms with Crippen LogP contribution in [0.25, 0.3) is 0 Å². The van der Waals surface area contributed by atoms with Crippen molar-refractivity contribution in [3.8, 4) is 11.5 Å². The van der Waals surface area contributed by atoms with Crippen LogP contribution >= 0.6 is 0 Å². The highest BCUT2D eigenvalue weighted by Crippen LogP contribution is 2.30. The molecule has 0 spiro atoms. The quantitative estimate of drug-likeness (QED) is 0.884. The molecule has 0 saturated carbocycles. The van der Waals surface area contributed by atoms with Crippen LogP contribution in [0.1, 0.15) is 6.92 Å². The SMILES string of the molecule is CCOc1ccc(NC(=O)Cn2ccccc2=O)cc1OC. The summed E-state index contributed by atoms with van der Waals surface area (Å²) in [5.41, 5.74) is 0.358. The third-order valence-corrected chi connectivity index (χ3v) is 2.96. The van der Waals surface area contributed by atoms with Crippen molar-refractivity contribution < 1.29 is 14.3 Å². The summed E-state index contributed by atoms with van der Waals surface area (Å²) in [6, 6.07) is 9.87. The predicted molar refractivity (Wildman–Crippen MR) is 83.5 cm³/mol. The Morgan fingerprint density at radius 3 is 2.73 bits per heavy atom. The summed E-state index contributed by atoms with van der Waals surface area (Å²) in [5.74, 6) is 0.860. The van der Waals surface area contributed by atoms with Crippen LogP contribution in [0.15, 0.2) is 47.4 Å². The Bertz CT molecular complexity index is 709. The number of nitrogens with one attached hydrogen (secondary N) is 1. The summed E-state index contributed by atoms with van der Waals surface area (Å²) in [5, 5.41) is 2.73. The number of pyridine rings is 1. The first kappa shape index (κ1) is 15.6. The second-order valence-corrected chi connectivity index (χ2v) is 4.51. The maximum atomic E-state index is 12.0. The fourth-order valence-corrected chi connectivity index (χ4v) is 1.97. The van der Waals surface area contributed by atoms with E-state index in [1.165, 1.54) is 17.7 Å². The van der Waals surface area contributed by atoms with Crippen molar-refractivity contribution in [1.29, 1.82) is 0 Å². The molecule has 2 rings (SSSR count). The highest BCUT2D eigenvalue weighted by molar-refractivity contribution is 5.90.